The molecule has 0 amide bonds. The van der Waals surface area contributed by atoms with E-state index in [1.807, 2.05) is 0 Å². The Labute approximate surface area is 181 Å². The monoisotopic (exact) mass is 446 g/mol. The second-order valence-electron chi connectivity index (χ2n) is 7.49. The van der Waals surface area contributed by atoms with Gasteiger partial charge in [0.25, 0.3) is 0 Å². The summed E-state index contributed by atoms with van der Waals surface area (Å²) >= 11 is 0. The molecule has 2 heterocycles. The average molecular weight is 446 g/mol. The number of rotatable bonds is 4. The van der Waals surface area contributed by atoms with E-state index in [4.69, 9.17) is 13.9 Å². The summed E-state index contributed by atoms with van der Waals surface area (Å²) in [6.45, 7) is -0.650. The SMILES string of the molecule is COc1cc(O)c2c(=O)cc(-c3ccc(O)cc3)oc2c1[C@@H]1O[C@@H](CO)[C@@H](O)[C@H](O)[C@H]1O. The van der Waals surface area contributed by atoms with Crippen molar-refractivity contribution in [2.24, 2.45) is 0 Å². The van der Waals surface area contributed by atoms with Crippen molar-refractivity contribution < 1.29 is 44.5 Å². The van der Waals surface area contributed by atoms with Gasteiger partial charge in [-0.05, 0) is 24.3 Å². The van der Waals surface area contributed by atoms with Gasteiger partial charge in [-0.2, -0.15) is 0 Å². The van der Waals surface area contributed by atoms with Crippen LogP contribution in [0.25, 0.3) is 22.3 Å². The van der Waals surface area contributed by atoms with Gasteiger partial charge in [-0.25, -0.2) is 0 Å². The Hall–Kier alpha value is -3.15. The molecule has 4 rings (SSSR count). The number of aliphatic hydroxyl groups excluding tert-OH is 4. The number of aliphatic hydroxyl groups is 4. The molecule has 1 fully saturated rings. The van der Waals surface area contributed by atoms with E-state index in [2.05, 4.69) is 0 Å². The molecule has 0 spiro atoms. The van der Waals surface area contributed by atoms with Crippen molar-refractivity contribution in [2.75, 3.05) is 13.7 Å². The van der Waals surface area contributed by atoms with Crippen molar-refractivity contribution >= 4 is 11.0 Å². The molecule has 3 aromatic rings. The lowest BCUT2D eigenvalue weighted by Gasteiger charge is -2.40. The maximum absolute atomic E-state index is 12.9. The predicted molar refractivity (Wildman–Crippen MR) is 111 cm³/mol. The molecular weight excluding hydrogens is 424 g/mol. The van der Waals surface area contributed by atoms with Gasteiger partial charge >= 0.3 is 0 Å². The third-order valence-electron chi connectivity index (χ3n) is 5.53. The van der Waals surface area contributed by atoms with Crippen molar-refractivity contribution in [3.05, 3.63) is 52.2 Å². The fourth-order valence-corrected chi connectivity index (χ4v) is 3.86. The van der Waals surface area contributed by atoms with Crippen molar-refractivity contribution in [3.63, 3.8) is 0 Å². The molecule has 0 unspecified atom stereocenters. The van der Waals surface area contributed by atoms with E-state index in [0.29, 0.717) is 5.56 Å². The summed E-state index contributed by atoms with van der Waals surface area (Å²) in [5, 5.41) is 60.2. The van der Waals surface area contributed by atoms with Crippen LogP contribution in [0.4, 0.5) is 0 Å². The minimum Gasteiger partial charge on any atom is -0.508 e. The highest BCUT2D eigenvalue weighted by Crippen LogP contribution is 2.44. The molecule has 0 bridgehead atoms. The first-order chi connectivity index (χ1) is 15.3. The van der Waals surface area contributed by atoms with Crippen molar-refractivity contribution in [3.8, 4) is 28.6 Å². The van der Waals surface area contributed by atoms with Crippen LogP contribution in [0.15, 0.2) is 45.6 Å². The molecule has 1 aliphatic rings. The lowest BCUT2D eigenvalue weighted by Crippen LogP contribution is -2.55. The number of phenols is 2. The van der Waals surface area contributed by atoms with Crippen LogP contribution in [0.2, 0.25) is 0 Å². The van der Waals surface area contributed by atoms with Gasteiger partial charge in [0.1, 0.15) is 58.9 Å². The minimum absolute atomic E-state index is 0.00895. The molecule has 1 aliphatic heterocycles. The van der Waals surface area contributed by atoms with Gasteiger partial charge in [0.05, 0.1) is 19.3 Å². The molecule has 10 nitrogen and oxygen atoms in total. The summed E-state index contributed by atoms with van der Waals surface area (Å²) in [5.41, 5.74) is -0.305. The van der Waals surface area contributed by atoms with E-state index < -0.39 is 48.3 Å². The highest BCUT2D eigenvalue weighted by Gasteiger charge is 2.46. The largest absolute Gasteiger partial charge is 0.508 e. The van der Waals surface area contributed by atoms with Crippen molar-refractivity contribution in [1.29, 1.82) is 0 Å². The molecule has 10 heteroatoms. The number of hydrogen-bond donors (Lipinski definition) is 6. The van der Waals surface area contributed by atoms with Gasteiger partial charge in [-0.1, -0.05) is 0 Å². The fourth-order valence-electron chi connectivity index (χ4n) is 3.86. The average Bonchev–Trinajstić information content (AvgIpc) is 2.78. The molecule has 32 heavy (non-hydrogen) atoms. The Morgan fingerprint density at radius 2 is 1.69 bits per heavy atom. The topological polar surface area (TPSA) is 170 Å². The molecular formula is C22H22O10. The molecule has 0 saturated carbocycles. The number of hydrogen-bond acceptors (Lipinski definition) is 10. The lowest BCUT2D eigenvalue weighted by molar-refractivity contribution is -0.231. The van der Waals surface area contributed by atoms with Crippen LogP contribution in [-0.4, -0.2) is 68.8 Å². The maximum atomic E-state index is 12.9. The molecule has 170 valence electrons. The highest BCUT2D eigenvalue weighted by atomic mass is 16.5. The first kappa shape index (κ1) is 22.1. The smallest absolute Gasteiger partial charge is 0.197 e. The number of aromatic hydroxyl groups is 2. The van der Waals surface area contributed by atoms with E-state index in [1.165, 1.54) is 31.4 Å². The van der Waals surface area contributed by atoms with Crippen LogP contribution in [0.3, 0.4) is 0 Å². The molecule has 0 aliphatic carbocycles. The fraction of sp³-hybridized carbons (Fsp3) is 0.318. The van der Waals surface area contributed by atoms with E-state index in [0.717, 1.165) is 12.1 Å². The van der Waals surface area contributed by atoms with E-state index in [9.17, 15) is 35.4 Å². The Kier molecular flexibility index (Phi) is 5.80. The third kappa shape index (κ3) is 3.57. The van der Waals surface area contributed by atoms with Crippen LogP contribution in [0, 0.1) is 0 Å². The quantitative estimate of drug-likeness (QED) is 0.330. The molecule has 1 saturated heterocycles. The molecule has 1 aromatic heterocycles. The number of methoxy groups -OCH3 is 1. The molecule has 5 atom stereocenters. The standard InChI is InChI=1S/C22H22O10/c1-30-14-7-12(26)16-11(25)6-13(9-2-4-10(24)5-3-9)31-21(16)17(14)22-20(29)19(28)18(27)15(8-23)32-22/h2-7,15,18-20,22-24,26-29H,8H2,1H3/t15-,18+,19-,20+,22-/m0/s1. The first-order valence-corrected chi connectivity index (χ1v) is 9.74. The van der Waals surface area contributed by atoms with Gasteiger partial charge in [0.15, 0.2) is 11.0 Å². The molecule has 2 aromatic carbocycles. The highest BCUT2D eigenvalue weighted by molar-refractivity contribution is 5.89. The summed E-state index contributed by atoms with van der Waals surface area (Å²) in [5.74, 6) is -0.333. The van der Waals surface area contributed by atoms with Crippen LogP contribution in [-0.2, 0) is 4.74 Å². The Morgan fingerprint density at radius 1 is 1.00 bits per heavy atom. The van der Waals surface area contributed by atoms with Crippen LogP contribution in [0.5, 0.6) is 17.2 Å². The van der Waals surface area contributed by atoms with Crippen molar-refractivity contribution in [2.45, 2.75) is 30.5 Å². The van der Waals surface area contributed by atoms with Crippen molar-refractivity contribution in [1.82, 2.24) is 0 Å². The van der Waals surface area contributed by atoms with Crippen LogP contribution < -0.4 is 10.2 Å². The summed E-state index contributed by atoms with van der Waals surface area (Å²) < 4.78 is 16.9. The van der Waals surface area contributed by atoms with Gasteiger partial charge < -0.3 is 44.5 Å². The summed E-state index contributed by atoms with van der Waals surface area (Å²) in [4.78, 5) is 12.9. The normalized spacial score (nSPS) is 25.7. The zero-order valence-corrected chi connectivity index (χ0v) is 16.9. The minimum atomic E-state index is -1.67. The number of ether oxygens (including phenoxy) is 2. The second kappa shape index (κ2) is 8.41. The second-order valence-corrected chi connectivity index (χ2v) is 7.49. The zero-order valence-electron chi connectivity index (χ0n) is 16.9. The number of fused-ring (bicyclic) bond motifs is 1. The van der Waals surface area contributed by atoms with Gasteiger partial charge in [0.2, 0.25) is 0 Å². The Morgan fingerprint density at radius 3 is 2.31 bits per heavy atom. The maximum Gasteiger partial charge on any atom is 0.197 e. The molecule has 0 radical (unpaired) electrons. The Balaban J connectivity index is 1.99. The Bertz CT molecular complexity index is 1180. The first-order valence-electron chi connectivity index (χ1n) is 9.74. The summed E-state index contributed by atoms with van der Waals surface area (Å²) in [7, 11) is 1.29. The lowest BCUT2D eigenvalue weighted by atomic mass is 9.89. The third-order valence-corrected chi connectivity index (χ3v) is 5.53. The van der Waals surface area contributed by atoms with Crippen LogP contribution >= 0.6 is 0 Å². The number of phenolic OH excluding ortho intramolecular Hbond substituents is 2. The van der Waals surface area contributed by atoms with Gasteiger partial charge in [0, 0.05) is 17.7 Å². The van der Waals surface area contributed by atoms with Crippen LogP contribution in [0.1, 0.15) is 11.7 Å². The number of benzene rings is 2. The summed E-state index contributed by atoms with van der Waals surface area (Å²) in [6, 6.07) is 8.16. The molecule has 6 N–H and O–H groups in total. The van der Waals surface area contributed by atoms with E-state index in [-0.39, 0.29) is 33.8 Å². The van der Waals surface area contributed by atoms with E-state index >= 15 is 0 Å². The predicted octanol–water partition coefficient (Wildman–Crippen LogP) is 0.395. The van der Waals surface area contributed by atoms with E-state index in [1.54, 1.807) is 0 Å². The van der Waals surface area contributed by atoms with Gasteiger partial charge in [-0.15, -0.1) is 0 Å². The van der Waals surface area contributed by atoms with Gasteiger partial charge in [-0.3, -0.25) is 4.79 Å². The zero-order chi connectivity index (χ0) is 23.2. The summed E-state index contributed by atoms with van der Waals surface area (Å²) in [6.07, 6.45) is -7.51.